The van der Waals surface area contributed by atoms with Gasteiger partial charge < -0.3 is 15.4 Å². The Morgan fingerprint density at radius 1 is 1.30 bits per heavy atom. The molecule has 2 aliphatic heterocycles. The van der Waals surface area contributed by atoms with Crippen molar-refractivity contribution in [3.8, 4) is 5.75 Å². The van der Waals surface area contributed by atoms with Gasteiger partial charge >= 0.3 is 0 Å². The van der Waals surface area contributed by atoms with Crippen molar-refractivity contribution in [1.29, 1.82) is 0 Å². The fourth-order valence-corrected chi connectivity index (χ4v) is 3.03. The lowest BCUT2D eigenvalue weighted by Gasteiger charge is -2.35. The predicted octanol–water partition coefficient (Wildman–Crippen LogP) is 1.92. The summed E-state index contributed by atoms with van der Waals surface area (Å²) in [5, 5.41) is 0. The van der Waals surface area contributed by atoms with Crippen molar-refractivity contribution in [2.45, 2.75) is 31.2 Å². The maximum Gasteiger partial charge on any atom is 0.230 e. The molecule has 1 saturated heterocycles. The average molecular weight is 297 g/mol. The van der Waals surface area contributed by atoms with Crippen molar-refractivity contribution >= 4 is 18.3 Å². The van der Waals surface area contributed by atoms with Crippen molar-refractivity contribution in [3.05, 3.63) is 29.8 Å². The number of piperidine rings is 1. The third-order valence-electron chi connectivity index (χ3n) is 4.03. The fraction of sp³-hybridized carbons (Fsp3) is 0.533. The van der Waals surface area contributed by atoms with Gasteiger partial charge in [0.1, 0.15) is 5.75 Å². The van der Waals surface area contributed by atoms with Crippen LogP contribution in [-0.2, 0) is 4.79 Å². The summed E-state index contributed by atoms with van der Waals surface area (Å²) < 4.78 is 5.62. The van der Waals surface area contributed by atoms with Crippen LogP contribution in [0.15, 0.2) is 24.3 Å². The van der Waals surface area contributed by atoms with Crippen LogP contribution in [0.4, 0.5) is 0 Å². The molecule has 1 aromatic rings. The number of benzene rings is 1. The molecule has 2 atom stereocenters. The van der Waals surface area contributed by atoms with Crippen molar-refractivity contribution in [1.82, 2.24) is 4.90 Å². The van der Waals surface area contributed by atoms with Gasteiger partial charge in [-0.3, -0.25) is 4.79 Å². The van der Waals surface area contributed by atoms with Gasteiger partial charge in [0.25, 0.3) is 0 Å². The molecule has 0 aromatic heterocycles. The quantitative estimate of drug-likeness (QED) is 0.861. The van der Waals surface area contributed by atoms with Crippen molar-refractivity contribution in [2.24, 2.45) is 5.73 Å². The summed E-state index contributed by atoms with van der Waals surface area (Å²) in [6, 6.07) is 7.99. The number of hydrogen-bond acceptors (Lipinski definition) is 3. The van der Waals surface area contributed by atoms with Crippen LogP contribution >= 0.6 is 12.4 Å². The Balaban J connectivity index is 0.00000147. The Hall–Kier alpha value is -1.26. The molecule has 2 aliphatic rings. The van der Waals surface area contributed by atoms with Gasteiger partial charge in [-0.25, -0.2) is 0 Å². The highest BCUT2D eigenvalue weighted by Gasteiger charge is 2.32. The Morgan fingerprint density at radius 3 is 2.90 bits per heavy atom. The zero-order valence-corrected chi connectivity index (χ0v) is 12.3. The summed E-state index contributed by atoms with van der Waals surface area (Å²) >= 11 is 0. The largest absolute Gasteiger partial charge is 0.493 e. The van der Waals surface area contributed by atoms with E-state index in [1.807, 2.05) is 29.2 Å². The number of nitrogens with zero attached hydrogens (tertiary/aromatic N) is 1. The number of hydrogen-bond donors (Lipinski definition) is 1. The number of rotatable bonds is 1. The van der Waals surface area contributed by atoms with Crippen molar-refractivity contribution in [2.75, 3.05) is 19.7 Å². The molecule has 0 radical (unpaired) electrons. The van der Waals surface area contributed by atoms with E-state index in [0.717, 1.165) is 37.1 Å². The Bertz CT molecular complexity index is 481. The van der Waals surface area contributed by atoms with Crippen LogP contribution in [0.2, 0.25) is 0 Å². The first-order chi connectivity index (χ1) is 9.25. The summed E-state index contributed by atoms with van der Waals surface area (Å²) in [6.07, 6.45) is 2.80. The van der Waals surface area contributed by atoms with E-state index >= 15 is 0 Å². The van der Waals surface area contributed by atoms with Gasteiger partial charge in [0.05, 0.1) is 12.5 Å². The number of halogens is 1. The van der Waals surface area contributed by atoms with Crippen LogP contribution in [0.25, 0.3) is 0 Å². The molecule has 1 unspecified atom stereocenters. The number of amides is 1. The number of carbonyl (C=O) groups excluding carboxylic acids is 1. The zero-order valence-electron chi connectivity index (χ0n) is 11.5. The van der Waals surface area contributed by atoms with Crippen molar-refractivity contribution in [3.63, 3.8) is 0 Å². The van der Waals surface area contributed by atoms with Gasteiger partial charge in [0, 0.05) is 24.7 Å². The van der Waals surface area contributed by atoms with E-state index in [-0.39, 0.29) is 30.3 Å². The normalized spacial score (nSPS) is 25.1. The molecule has 1 amide bonds. The van der Waals surface area contributed by atoms with E-state index in [9.17, 15) is 4.79 Å². The maximum absolute atomic E-state index is 12.7. The van der Waals surface area contributed by atoms with Crippen LogP contribution in [0.1, 0.15) is 30.7 Å². The first kappa shape index (κ1) is 15.1. The molecule has 0 spiro atoms. The molecule has 0 bridgehead atoms. The minimum Gasteiger partial charge on any atom is -0.493 e. The van der Waals surface area contributed by atoms with Crippen LogP contribution < -0.4 is 10.5 Å². The number of fused-ring (bicyclic) bond motifs is 1. The number of likely N-dealkylation sites (tertiary alicyclic amines) is 1. The molecule has 0 saturated carbocycles. The summed E-state index contributed by atoms with van der Waals surface area (Å²) in [6.45, 7) is 2.15. The number of carbonyl (C=O) groups is 1. The minimum atomic E-state index is -0.0600. The molecule has 1 aromatic carbocycles. The van der Waals surface area contributed by atoms with Gasteiger partial charge in [-0.2, -0.15) is 0 Å². The molecule has 20 heavy (non-hydrogen) atoms. The van der Waals surface area contributed by atoms with E-state index in [0.29, 0.717) is 13.2 Å². The molecule has 2 N–H and O–H groups in total. The first-order valence-corrected chi connectivity index (χ1v) is 7.02. The lowest BCUT2D eigenvalue weighted by Crippen LogP contribution is -2.47. The zero-order chi connectivity index (χ0) is 13.2. The topological polar surface area (TPSA) is 55.6 Å². The molecule has 4 nitrogen and oxygen atoms in total. The molecular formula is C15H21ClN2O2. The van der Waals surface area contributed by atoms with Gasteiger partial charge in [0.2, 0.25) is 5.91 Å². The lowest BCUT2D eigenvalue weighted by atomic mass is 9.91. The second-order valence-corrected chi connectivity index (χ2v) is 5.41. The maximum atomic E-state index is 12.7. The molecule has 0 aliphatic carbocycles. The SMILES string of the molecule is Cl.N[C@@H]1CCCN(C(=O)C2CCOc3ccccc32)C1. The molecule has 110 valence electrons. The van der Waals surface area contributed by atoms with Crippen molar-refractivity contribution < 1.29 is 9.53 Å². The van der Waals surface area contributed by atoms with E-state index in [1.54, 1.807) is 0 Å². The van der Waals surface area contributed by atoms with Gasteiger partial charge in [0.15, 0.2) is 0 Å². The fourth-order valence-electron chi connectivity index (χ4n) is 3.03. The molecule has 2 heterocycles. The smallest absolute Gasteiger partial charge is 0.230 e. The second-order valence-electron chi connectivity index (χ2n) is 5.41. The van der Waals surface area contributed by atoms with E-state index < -0.39 is 0 Å². The predicted molar refractivity (Wildman–Crippen MR) is 80.3 cm³/mol. The number of nitrogens with two attached hydrogens (primary N) is 1. The number of para-hydroxylation sites is 1. The Labute approximate surface area is 125 Å². The van der Waals surface area contributed by atoms with Gasteiger partial charge in [-0.15, -0.1) is 12.4 Å². The van der Waals surface area contributed by atoms with Crippen LogP contribution in [0.3, 0.4) is 0 Å². The number of ether oxygens (including phenoxy) is 1. The highest BCUT2D eigenvalue weighted by molar-refractivity contribution is 5.85. The first-order valence-electron chi connectivity index (χ1n) is 7.02. The average Bonchev–Trinajstić information content (AvgIpc) is 2.46. The third-order valence-corrected chi connectivity index (χ3v) is 4.03. The Kier molecular flexibility index (Phi) is 4.89. The highest BCUT2D eigenvalue weighted by Crippen LogP contribution is 2.34. The van der Waals surface area contributed by atoms with E-state index in [4.69, 9.17) is 10.5 Å². The van der Waals surface area contributed by atoms with Gasteiger partial charge in [-0.1, -0.05) is 18.2 Å². The van der Waals surface area contributed by atoms with Crippen LogP contribution in [-0.4, -0.2) is 36.5 Å². The Morgan fingerprint density at radius 2 is 2.10 bits per heavy atom. The molecular weight excluding hydrogens is 276 g/mol. The summed E-state index contributed by atoms with van der Waals surface area (Å²) in [5.74, 6) is 1.01. The molecule has 5 heteroatoms. The van der Waals surface area contributed by atoms with Gasteiger partial charge in [-0.05, 0) is 25.3 Å². The molecule has 1 fully saturated rings. The monoisotopic (exact) mass is 296 g/mol. The summed E-state index contributed by atoms with van der Waals surface area (Å²) in [7, 11) is 0. The van der Waals surface area contributed by atoms with Crippen LogP contribution in [0, 0.1) is 0 Å². The minimum absolute atomic E-state index is 0. The van der Waals surface area contributed by atoms with Crippen LogP contribution in [0.5, 0.6) is 5.75 Å². The third kappa shape index (κ3) is 2.91. The second kappa shape index (κ2) is 6.46. The van der Waals surface area contributed by atoms with E-state index in [1.165, 1.54) is 0 Å². The van der Waals surface area contributed by atoms with E-state index in [2.05, 4.69) is 0 Å². The summed E-state index contributed by atoms with van der Waals surface area (Å²) in [5.41, 5.74) is 6.99. The highest BCUT2D eigenvalue weighted by atomic mass is 35.5. The standard InChI is InChI=1S/C15H20N2O2.ClH/c16-11-4-3-8-17(10-11)15(18)13-7-9-19-14-6-2-1-5-12(13)14;/h1-2,5-6,11,13H,3-4,7-10,16H2;1H/t11-,13?;/m1./s1. The lowest BCUT2D eigenvalue weighted by molar-refractivity contribution is -0.134. The summed E-state index contributed by atoms with van der Waals surface area (Å²) in [4.78, 5) is 14.6. The molecule has 3 rings (SSSR count).